The van der Waals surface area contributed by atoms with Crippen molar-refractivity contribution in [2.24, 2.45) is 5.92 Å². The highest BCUT2D eigenvalue weighted by Gasteiger charge is 2.03. The van der Waals surface area contributed by atoms with Gasteiger partial charge in [0.25, 0.3) is 0 Å². The van der Waals surface area contributed by atoms with Gasteiger partial charge in [0.2, 0.25) is 0 Å². The van der Waals surface area contributed by atoms with E-state index in [1.807, 2.05) is 0 Å². The molecule has 102 valence electrons. The van der Waals surface area contributed by atoms with Crippen LogP contribution in [0, 0.1) is 5.92 Å². The molecule has 3 rings (SSSR count). The number of fused-ring (bicyclic) bond motifs is 2. The van der Waals surface area contributed by atoms with E-state index in [4.69, 9.17) is 0 Å². The zero-order valence-electron chi connectivity index (χ0n) is 12.4. The van der Waals surface area contributed by atoms with Crippen molar-refractivity contribution in [3.63, 3.8) is 0 Å². The monoisotopic (exact) mass is 262 g/mol. The summed E-state index contributed by atoms with van der Waals surface area (Å²) in [6.45, 7) is 4.60. The van der Waals surface area contributed by atoms with Crippen LogP contribution < -0.4 is 0 Å². The highest BCUT2D eigenvalue weighted by atomic mass is 14.1. The molecule has 0 nitrogen and oxygen atoms in total. The molecule has 0 unspecified atom stereocenters. The van der Waals surface area contributed by atoms with Crippen LogP contribution in [0.15, 0.2) is 54.6 Å². The number of hydrogen-bond acceptors (Lipinski definition) is 0. The van der Waals surface area contributed by atoms with Gasteiger partial charge in [-0.05, 0) is 58.0 Å². The van der Waals surface area contributed by atoms with Crippen molar-refractivity contribution in [3.05, 3.63) is 60.2 Å². The third-order valence-corrected chi connectivity index (χ3v) is 4.06. The lowest BCUT2D eigenvalue weighted by Gasteiger charge is -2.09. The second-order valence-electron chi connectivity index (χ2n) is 6.12. The Kier molecular flexibility index (Phi) is 3.73. The molecule has 0 N–H and O–H groups in total. The van der Waals surface area contributed by atoms with Crippen LogP contribution >= 0.6 is 0 Å². The van der Waals surface area contributed by atoms with E-state index in [0.717, 1.165) is 5.92 Å². The Morgan fingerprint density at radius 2 is 1.50 bits per heavy atom. The molecule has 0 heterocycles. The topological polar surface area (TPSA) is 0 Å². The van der Waals surface area contributed by atoms with Gasteiger partial charge < -0.3 is 0 Å². The maximum Gasteiger partial charge on any atom is -0.0146 e. The zero-order chi connectivity index (χ0) is 13.9. The summed E-state index contributed by atoms with van der Waals surface area (Å²) >= 11 is 0. The molecule has 0 saturated carbocycles. The first-order valence-corrected chi connectivity index (χ1v) is 7.64. The highest BCUT2D eigenvalue weighted by molar-refractivity contribution is 5.99. The molecular weight excluding hydrogens is 240 g/mol. The lowest BCUT2D eigenvalue weighted by atomic mass is 9.96. The minimum Gasteiger partial charge on any atom is -0.0628 e. The number of aryl methyl sites for hydroxylation is 1. The lowest BCUT2D eigenvalue weighted by Crippen LogP contribution is -1.92. The summed E-state index contributed by atoms with van der Waals surface area (Å²) in [6.07, 6.45) is 3.78. The van der Waals surface area contributed by atoms with Gasteiger partial charge in [0.15, 0.2) is 0 Å². The molecule has 3 aromatic rings. The van der Waals surface area contributed by atoms with Crippen LogP contribution in [0.1, 0.15) is 32.3 Å². The Balaban J connectivity index is 2.01. The standard InChI is InChI=1S/C20H22/c1-15(2)7-5-10-16-11-6-12-19-13-17-8-3-4-9-18(17)14-20(16)19/h3-4,6,8-9,11-15H,5,7,10H2,1-2H3. The smallest absolute Gasteiger partial charge is 0.0146 e. The van der Waals surface area contributed by atoms with Crippen molar-refractivity contribution < 1.29 is 0 Å². The fraction of sp³-hybridized carbons (Fsp3) is 0.300. The first kappa shape index (κ1) is 13.2. The van der Waals surface area contributed by atoms with Gasteiger partial charge in [-0.1, -0.05) is 62.7 Å². The molecule has 0 amide bonds. The second-order valence-corrected chi connectivity index (χ2v) is 6.12. The summed E-state index contributed by atoms with van der Waals surface area (Å²) in [6, 6.07) is 20.0. The van der Waals surface area contributed by atoms with Crippen molar-refractivity contribution in [2.45, 2.75) is 33.1 Å². The van der Waals surface area contributed by atoms with Gasteiger partial charge in [0.05, 0.1) is 0 Å². The van der Waals surface area contributed by atoms with Crippen molar-refractivity contribution in [2.75, 3.05) is 0 Å². The van der Waals surface area contributed by atoms with E-state index < -0.39 is 0 Å². The average Bonchev–Trinajstić information content (AvgIpc) is 2.45. The van der Waals surface area contributed by atoms with Crippen LogP contribution in [0.4, 0.5) is 0 Å². The first-order chi connectivity index (χ1) is 9.74. The fourth-order valence-corrected chi connectivity index (χ4v) is 2.95. The molecule has 0 atom stereocenters. The van der Waals surface area contributed by atoms with E-state index >= 15 is 0 Å². The van der Waals surface area contributed by atoms with E-state index in [-0.39, 0.29) is 0 Å². The van der Waals surface area contributed by atoms with Crippen LogP contribution in [0.3, 0.4) is 0 Å². The van der Waals surface area contributed by atoms with Gasteiger partial charge in [0, 0.05) is 0 Å². The predicted molar refractivity (Wildman–Crippen MR) is 89.2 cm³/mol. The molecule has 0 aliphatic carbocycles. The Morgan fingerprint density at radius 3 is 2.25 bits per heavy atom. The van der Waals surface area contributed by atoms with E-state index in [1.54, 1.807) is 0 Å². The van der Waals surface area contributed by atoms with Crippen LogP contribution in [0.2, 0.25) is 0 Å². The summed E-state index contributed by atoms with van der Waals surface area (Å²) in [4.78, 5) is 0. The van der Waals surface area contributed by atoms with Crippen molar-refractivity contribution in [1.82, 2.24) is 0 Å². The SMILES string of the molecule is CC(C)CCCc1cccc2cc3ccccc3cc12. The number of rotatable bonds is 4. The molecule has 0 fully saturated rings. The predicted octanol–water partition coefficient (Wildman–Crippen LogP) is 5.97. The summed E-state index contributed by atoms with van der Waals surface area (Å²) in [5.41, 5.74) is 1.49. The Hall–Kier alpha value is -1.82. The van der Waals surface area contributed by atoms with Gasteiger partial charge in [0.1, 0.15) is 0 Å². The van der Waals surface area contributed by atoms with Crippen LogP contribution in [0.25, 0.3) is 21.5 Å². The molecule has 0 radical (unpaired) electrons. The molecular formula is C20H22. The summed E-state index contributed by atoms with van der Waals surface area (Å²) in [5, 5.41) is 5.47. The number of hydrogen-bond donors (Lipinski definition) is 0. The zero-order valence-corrected chi connectivity index (χ0v) is 12.4. The van der Waals surface area contributed by atoms with E-state index in [0.29, 0.717) is 0 Å². The van der Waals surface area contributed by atoms with Gasteiger partial charge in [-0.3, -0.25) is 0 Å². The van der Waals surface area contributed by atoms with Crippen molar-refractivity contribution >= 4 is 21.5 Å². The quantitative estimate of drug-likeness (QED) is 0.508. The Bertz CT molecular complexity index is 722. The van der Waals surface area contributed by atoms with Gasteiger partial charge in [-0.15, -0.1) is 0 Å². The third kappa shape index (κ3) is 2.70. The molecule has 0 aromatic heterocycles. The molecule has 3 aromatic carbocycles. The summed E-state index contributed by atoms with van der Waals surface area (Å²) < 4.78 is 0. The minimum absolute atomic E-state index is 0.797. The fourth-order valence-electron chi connectivity index (χ4n) is 2.95. The van der Waals surface area contributed by atoms with Crippen molar-refractivity contribution in [3.8, 4) is 0 Å². The molecule has 0 heteroatoms. The Labute approximate surface area is 121 Å². The van der Waals surface area contributed by atoms with E-state index in [9.17, 15) is 0 Å². The molecule has 0 aliphatic heterocycles. The molecule has 0 saturated heterocycles. The molecule has 20 heavy (non-hydrogen) atoms. The van der Waals surface area contributed by atoms with Crippen LogP contribution in [-0.2, 0) is 6.42 Å². The van der Waals surface area contributed by atoms with E-state index in [1.165, 1.54) is 46.4 Å². The summed E-state index contributed by atoms with van der Waals surface area (Å²) in [5.74, 6) is 0.797. The third-order valence-electron chi connectivity index (χ3n) is 4.06. The molecule has 0 aliphatic rings. The maximum atomic E-state index is 2.36. The van der Waals surface area contributed by atoms with Gasteiger partial charge in [-0.2, -0.15) is 0 Å². The van der Waals surface area contributed by atoms with Gasteiger partial charge >= 0.3 is 0 Å². The normalized spacial score (nSPS) is 11.6. The minimum atomic E-state index is 0.797. The lowest BCUT2D eigenvalue weighted by molar-refractivity contribution is 0.556. The molecule has 0 spiro atoms. The van der Waals surface area contributed by atoms with Crippen molar-refractivity contribution in [1.29, 1.82) is 0 Å². The van der Waals surface area contributed by atoms with Crippen LogP contribution in [0.5, 0.6) is 0 Å². The highest BCUT2D eigenvalue weighted by Crippen LogP contribution is 2.26. The number of benzene rings is 3. The average molecular weight is 262 g/mol. The van der Waals surface area contributed by atoms with Gasteiger partial charge in [-0.25, -0.2) is 0 Å². The first-order valence-electron chi connectivity index (χ1n) is 7.64. The summed E-state index contributed by atoms with van der Waals surface area (Å²) in [7, 11) is 0. The Morgan fingerprint density at radius 1 is 0.800 bits per heavy atom. The maximum absolute atomic E-state index is 2.36. The van der Waals surface area contributed by atoms with Crippen LogP contribution in [-0.4, -0.2) is 0 Å². The molecule has 0 bridgehead atoms. The second kappa shape index (κ2) is 5.66. The largest absolute Gasteiger partial charge is 0.0628 e. The van der Waals surface area contributed by atoms with E-state index in [2.05, 4.69) is 68.4 Å².